The molecule has 5 nitrogen and oxygen atoms in total. The minimum atomic E-state index is -0.281. The van der Waals surface area contributed by atoms with Gasteiger partial charge in [-0.25, -0.2) is 0 Å². The molecule has 2 aromatic rings. The second kappa shape index (κ2) is 10.5. The van der Waals surface area contributed by atoms with Crippen LogP contribution in [0.15, 0.2) is 52.3 Å². The summed E-state index contributed by atoms with van der Waals surface area (Å²) in [4.78, 5) is 14.7. The predicted molar refractivity (Wildman–Crippen MR) is 117 cm³/mol. The largest absolute Gasteiger partial charge is 0.465 e. The van der Waals surface area contributed by atoms with Crippen molar-refractivity contribution >= 4 is 58.4 Å². The summed E-state index contributed by atoms with van der Waals surface area (Å²) in [6.45, 7) is 1.75. The van der Waals surface area contributed by atoms with Gasteiger partial charge in [0.1, 0.15) is 6.61 Å². The monoisotopic (exact) mass is 423 g/mol. The minimum Gasteiger partial charge on any atom is -0.465 e. The summed E-state index contributed by atoms with van der Waals surface area (Å²) in [6, 6.07) is 13.6. The molecule has 0 radical (unpaired) electrons. The lowest BCUT2D eigenvalue weighted by Crippen LogP contribution is -2.32. The van der Waals surface area contributed by atoms with E-state index in [0.717, 1.165) is 15.5 Å². The summed E-state index contributed by atoms with van der Waals surface area (Å²) in [6.07, 6.45) is 2.02. The molecule has 0 amide bonds. The van der Waals surface area contributed by atoms with Crippen molar-refractivity contribution in [3.63, 3.8) is 0 Å². The van der Waals surface area contributed by atoms with Gasteiger partial charge in [-0.1, -0.05) is 17.7 Å². The number of benzene rings is 2. The molecular weight excluding hydrogens is 402 g/mol. The first-order chi connectivity index (χ1) is 12.9. The van der Waals surface area contributed by atoms with Gasteiger partial charge in [0.2, 0.25) is 0 Å². The first-order valence-corrected chi connectivity index (χ1v) is 10.8. The molecule has 8 heteroatoms. The van der Waals surface area contributed by atoms with Gasteiger partial charge in [-0.2, -0.15) is 0 Å². The van der Waals surface area contributed by atoms with E-state index in [1.807, 2.05) is 49.7 Å². The number of halogens is 1. The number of nitrogens with one attached hydrogen (secondary N) is 2. The highest BCUT2D eigenvalue weighted by atomic mass is 35.5. The van der Waals surface area contributed by atoms with Crippen molar-refractivity contribution in [1.82, 2.24) is 0 Å². The third-order valence-electron chi connectivity index (χ3n) is 3.62. The Morgan fingerprint density at radius 1 is 1.26 bits per heavy atom. The SMILES string of the molecule is CSc1cccc(N(C)C(=N)Nc2cc(SCCOC(C)=O)ccc2Cl)c1. The Bertz CT molecular complexity index is 817. The van der Waals surface area contributed by atoms with Crippen LogP contribution in [0.5, 0.6) is 0 Å². The van der Waals surface area contributed by atoms with Gasteiger partial charge in [-0.05, 0) is 42.7 Å². The molecule has 0 unspecified atom stereocenters. The van der Waals surface area contributed by atoms with E-state index in [9.17, 15) is 4.79 Å². The van der Waals surface area contributed by atoms with Crippen LogP contribution < -0.4 is 10.2 Å². The van der Waals surface area contributed by atoms with E-state index >= 15 is 0 Å². The number of hydrogen-bond acceptors (Lipinski definition) is 5. The van der Waals surface area contributed by atoms with E-state index in [-0.39, 0.29) is 11.9 Å². The molecule has 0 aliphatic rings. The summed E-state index contributed by atoms with van der Waals surface area (Å²) in [5.74, 6) is 0.591. The van der Waals surface area contributed by atoms with E-state index in [1.54, 1.807) is 34.5 Å². The molecule has 2 N–H and O–H groups in total. The molecule has 0 aliphatic heterocycles. The second-order valence-corrected chi connectivity index (χ2v) is 8.02. The van der Waals surface area contributed by atoms with Crippen LogP contribution in [0.25, 0.3) is 0 Å². The third-order valence-corrected chi connectivity index (χ3v) is 5.64. The van der Waals surface area contributed by atoms with Crippen molar-refractivity contribution in [3.05, 3.63) is 47.5 Å². The molecule has 0 aromatic heterocycles. The van der Waals surface area contributed by atoms with Crippen molar-refractivity contribution in [2.24, 2.45) is 0 Å². The maximum Gasteiger partial charge on any atom is 0.302 e. The molecule has 27 heavy (non-hydrogen) atoms. The van der Waals surface area contributed by atoms with Crippen LogP contribution in [-0.2, 0) is 9.53 Å². The molecule has 0 fully saturated rings. The van der Waals surface area contributed by atoms with Crippen LogP contribution in [0.1, 0.15) is 6.92 Å². The number of nitrogens with zero attached hydrogens (tertiary/aromatic N) is 1. The van der Waals surface area contributed by atoms with Crippen LogP contribution in [-0.4, -0.2) is 37.6 Å². The van der Waals surface area contributed by atoms with Gasteiger partial charge in [-0.3, -0.25) is 10.2 Å². The van der Waals surface area contributed by atoms with Gasteiger partial charge < -0.3 is 15.0 Å². The molecule has 0 atom stereocenters. The number of rotatable bonds is 7. The standard InChI is InChI=1S/C19H22ClN3O2S2/c1-13(24)25-9-10-27-16-7-8-17(20)18(12-16)22-19(21)23(2)14-5-4-6-15(11-14)26-3/h4-8,11-12H,9-10H2,1-3H3,(H2,21,22). The normalized spacial score (nSPS) is 10.4. The average Bonchev–Trinajstić information content (AvgIpc) is 2.66. The first kappa shape index (κ1) is 21.5. The Morgan fingerprint density at radius 2 is 2.04 bits per heavy atom. The molecular formula is C19H22ClN3O2S2. The van der Waals surface area contributed by atoms with Gasteiger partial charge in [-0.15, -0.1) is 23.5 Å². The Labute approximate surface area is 173 Å². The molecule has 144 valence electrons. The molecule has 0 saturated heterocycles. The van der Waals surface area contributed by atoms with Gasteiger partial charge in [0.05, 0.1) is 10.7 Å². The number of guanidine groups is 1. The third kappa shape index (κ3) is 6.68. The van der Waals surface area contributed by atoms with Crippen molar-refractivity contribution < 1.29 is 9.53 Å². The topological polar surface area (TPSA) is 65.4 Å². The number of carbonyl (C=O) groups excluding carboxylic acids is 1. The van der Waals surface area contributed by atoms with Crippen molar-refractivity contribution in [2.75, 3.05) is 35.9 Å². The van der Waals surface area contributed by atoms with E-state index < -0.39 is 0 Å². The number of esters is 1. The van der Waals surface area contributed by atoms with E-state index in [1.165, 1.54) is 6.92 Å². The fraction of sp³-hybridized carbons (Fsp3) is 0.263. The van der Waals surface area contributed by atoms with Gasteiger partial charge >= 0.3 is 5.97 Å². The highest BCUT2D eigenvalue weighted by Crippen LogP contribution is 2.29. The lowest BCUT2D eigenvalue weighted by molar-refractivity contribution is -0.140. The van der Waals surface area contributed by atoms with Gasteiger partial charge in [0, 0.05) is 35.2 Å². The Hall–Kier alpha value is -1.83. The zero-order valence-corrected chi connectivity index (χ0v) is 17.8. The number of thioether (sulfide) groups is 2. The second-order valence-electron chi connectivity index (χ2n) is 5.56. The zero-order valence-electron chi connectivity index (χ0n) is 15.4. The summed E-state index contributed by atoms with van der Waals surface area (Å²) >= 11 is 9.50. The Kier molecular flexibility index (Phi) is 8.34. The van der Waals surface area contributed by atoms with Crippen molar-refractivity contribution in [2.45, 2.75) is 16.7 Å². The molecule has 2 rings (SSSR count). The van der Waals surface area contributed by atoms with Crippen molar-refractivity contribution in [3.8, 4) is 0 Å². The van der Waals surface area contributed by atoms with E-state index in [0.29, 0.717) is 23.1 Å². The van der Waals surface area contributed by atoms with Crippen LogP contribution in [0, 0.1) is 5.41 Å². The maximum absolute atomic E-state index is 10.8. The highest BCUT2D eigenvalue weighted by molar-refractivity contribution is 7.99. The Morgan fingerprint density at radius 3 is 2.74 bits per heavy atom. The van der Waals surface area contributed by atoms with Crippen LogP contribution >= 0.6 is 35.1 Å². The smallest absolute Gasteiger partial charge is 0.302 e. The number of carbonyl (C=O) groups is 1. The predicted octanol–water partition coefficient (Wildman–Crippen LogP) is 5.20. The molecule has 2 aromatic carbocycles. The first-order valence-electron chi connectivity index (χ1n) is 8.19. The molecule has 0 heterocycles. The van der Waals surface area contributed by atoms with Crippen LogP contribution in [0.4, 0.5) is 11.4 Å². The molecule has 0 aliphatic carbocycles. The molecule has 0 saturated carbocycles. The lowest BCUT2D eigenvalue weighted by atomic mass is 10.3. The quantitative estimate of drug-likeness (QED) is 0.210. The van der Waals surface area contributed by atoms with Crippen molar-refractivity contribution in [1.29, 1.82) is 5.41 Å². The minimum absolute atomic E-state index is 0.220. The van der Waals surface area contributed by atoms with E-state index in [2.05, 4.69) is 5.32 Å². The summed E-state index contributed by atoms with van der Waals surface area (Å²) in [5.41, 5.74) is 1.58. The fourth-order valence-electron chi connectivity index (χ4n) is 2.19. The Balaban J connectivity index is 2.03. The van der Waals surface area contributed by atoms with Gasteiger partial charge in [0.15, 0.2) is 5.96 Å². The van der Waals surface area contributed by atoms with Gasteiger partial charge in [0.25, 0.3) is 0 Å². The summed E-state index contributed by atoms with van der Waals surface area (Å²) in [5, 5.41) is 12.0. The number of ether oxygens (including phenoxy) is 1. The lowest BCUT2D eigenvalue weighted by Gasteiger charge is -2.22. The van der Waals surface area contributed by atoms with Crippen LogP contribution in [0.3, 0.4) is 0 Å². The summed E-state index contributed by atoms with van der Waals surface area (Å²) < 4.78 is 4.94. The number of hydrogen-bond donors (Lipinski definition) is 2. The zero-order chi connectivity index (χ0) is 19.8. The maximum atomic E-state index is 10.8. The highest BCUT2D eigenvalue weighted by Gasteiger charge is 2.11. The molecule has 0 spiro atoms. The number of anilines is 2. The fourth-order valence-corrected chi connectivity index (χ4v) is 3.58. The average molecular weight is 424 g/mol. The molecule has 0 bridgehead atoms. The summed E-state index contributed by atoms with van der Waals surface area (Å²) in [7, 11) is 1.83. The van der Waals surface area contributed by atoms with Crippen LogP contribution in [0.2, 0.25) is 5.02 Å². The van der Waals surface area contributed by atoms with E-state index in [4.69, 9.17) is 21.7 Å².